The molecule has 2 heterocycles. The van der Waals surface area contributed by atoms with Crippen LogP contribution in [0.1, 0.15) is 0 Å². The van der Waals surface area contributed by atoms with Gasteiger partial charge in [-0.25, -0.2) is 17.8 Å². The molecule has 0 unspecified atom stereocenters. The van der Waals surface area contributed by atoms with Crippen molar-refractivity contribution in [1.29, 1.82) is 0 Å². The third-order valence-corrected chi connectivity index (χ3v) is 6.52. The Hall–Kier alpha value is -2.52. The van der Waals surface area contributed by atoms with Crippen LogP contribution in [0.2, 0.25) is 0 Å². The second kappa shape index (κ2) is 6.90. The summed E-state index contributed by atoms with van der Waals surface area (Å²) in [4.78, 5) is 4.32. The summed E-state index contributed by atoms with van der Waals surface area (Å²) in [6.45, 7) is 0.945. The van der Waals surface area contributed by atoms with Gasteiger partial charge < -0.3 is 9.30 Å². The zero-order valence-corrected chi connectivity index (χ0v) is 16.0. The van der Waals surface area contributed by atoms with Gasteiger partial charge in [0.25, 0.3) is 10.0 Å². The molecule has 9 heteroatoms. The molecule has 27 heavy (non-hydrogen) atoms. The number of methoxy groups -OCH3 is 1. The van der Waals surface area contributed by atoms with Crippen LogP contribution in [0.5, 0.6) is 5.75 Å². The molecule has 0 radical (unpaired) electrons. The Morgan fingerprint density at radius 3 is 2.70 bits per heavy atom. The van der Waals surface area contributed by atoms with E-state index in [0.29, 0.717) is 5.69 Å². The first-order chi connectivity index (χ1) is 13.0. The first-order valence-corrected chi connectivity index (χ1v) is 10.6. The van der Waals surface area contributed by atoms with E-state index in [0.717, 1.165) is 40.8 Å². The van der Waals surface area contributed by atoms with Crippen molar-refractivity contribution in [3.8, 4) is 17.0 Å². The Balaban J connectivity index is 1.58. The number of aromatic nitrogens is 2. The number of benzene rings is 2. The smallest absolute Gasteiger partial charge is 0.265 e. The lowest BCUT2D eigenvalue weighted by atomic mass is 10.1. The maximum atomic E-state index is 13.5. The van der Waals surface area contributed by atoms with Crippen molar-refractivity contribution in [1.82, 2.24) is 9.55 Å². The molecule has 1 N–H and O–H groups in total. The van der Waals surface area contributed by atoms with Crippen LogP contribution < -0.4 is 9.46 Å². The largest absolute Gasteiger partial charge is 0.495 e. The summed E-state index contributed by atoms with van der Waals surface area (Å²) < 4.78 is 48.3. The predicted octanol–water partition coefficient (Wildman–Crippen LogP) is 3.60. The number of hydrogen-bond donors (Lipinski definition) is 1. The average Bonchev–Trinajstić information content (AvgIpc) is 3.24. The average molecular weight is 405 g/mol. The summed E-state index contributed by atoms with van der Waals surface area (Å²) in [6, 6.07) is 10.2. The quantitative estimate of drug-likeness (QED) is 0.702. The van der Waals surface area contributed by atoms with Gasteiger partial charge in [-0.15, -0.1) is 0 Å². The van der Waals surface area contributed by atoms with E-state index in [2.05, 4.69) is 14.3 Å². The van der Waals surface area contributed by atoms with E-state index < -0.39 is 15.8 Å². The van der Waals surface area contributed by atoms with Crippen LogP contribution in [0.4, 0.5) is 10.1 Å². The SMILES string of the molecule is COc1ccc(F)cc1S(=O)(=O)Nc1ccc(-c2cn3c(n2)SCC3)cc1. The number of nitrogens with one attached hydrogen (secondary N) is 1. The Labute approximate surface area is 160 Å². The molecule has 140 valence electrons. The summed E-state index contributed by atoms with van der Waals surface area (Å²) >= 11 is 1.71. The zero-order chi connectivity index (χ0) is 19.0. The van der Waals surface area contributed by atoms with E-state index in [1.165, 1.54) is 13.2 Å². The fraction of sp³-hybridized carbons (Fsp3) is 0.167. The molecule has 0 amide bonds. The number of hydrogen-bond acceptors (Lipinski definition) is 5. The second-order valence-electron chi connectivity index (χ2n) is 5.93. The molecule has 0 spiro atoms. The number of fused-ring (bicyclic) bond motifs is 1. The van der Waals surface area contributed by atoms with Gasteiger partial charge in [-0.3, -0.25) is 4.72 Å². The van der Waals surface area contributed by atoms with Crippen LogP contribution in [0.25, 0.3) is 11.3 Å². The molecule has 0 atom stereocenters. The fourth-order valence-electron chi connectivity index (χ4n) is 2.83. The highest BCUT2D eigenvalue weighted by Crippen LogP contribution is 2.30. The number of aryl methyl sites for hydroxylation is 1. The monoisotopic (exact) mass is 405 g/mol. The standard InChI is InChI=1S/C18H16FN3O3S2/c1-25-16-7-4-13(19)10-17(16)27(23,24)21-14-5-2-12(3-6-14)15-11-22-8-9-26-18(22)20-15/h2-7,10-11,21H,8-9H2,1H3. The summed E-state index contributed by atoms with van der Waals surface area (Å²) in [6.07, 6.45) is 1.99. The van der Waals surface area contributed by atoms with Gasteiger partial charge in [0, 0.05) is 29.7 Å². The van der Waals surface area contributed by atoms with Crippen molar-refractivity contribution in [2.24, 2.45) is 0 Å². The molecule has 1 aliphatic rings. The van der Waals surface area contributed by atoms with Gasteiger partial charge in [0.2, 0.25) is 0 Å². The molecule has 0 aliphatic carbocycles. The summed E-state index contributed by atoms with van der Waals surface area (Å²) in [5, 5.41) is 0.993. The first-order valence-electron chi connectivity index (χ1n) is 8.13. The van der Waals surface area contributed by atoms with Gasteiger partial charge in [-0.1, -0.05) is 23.9 Å². The van der Waals surface area contributed by atoms with Crippen LogP contribution >= 0.6 is 11.8 Å². The van der Waals surface area contributed by atoms with Crippen LogP contribution in [0.15, 0.2) is 58.7 Å². The Bertz CT molecular complexity index is 1070. The third-order valence-electron chi connectivity index (χ3n) is 4.15. The van der Waals surface area contributed by atoms with Gasteiger partial charge in [0.1, 0.15) is 16.5 Å². The van der Waals surface area contributed by atoms with Crippen molar-refractivity contribution < 1.29 is 17.5 Å². The molecular formula is C18H16FN3O3S2. The fourth-order valence-corrected chi connectivity index (χ4v) is 5.01. The minimum Gasteiger partial charge on any atom is -0.495 e. The molecule has 4 rings (SSSR count). The number of sulfonamides is 1. The lowest BCUT2D eigenvalue weighted by Crippen LogP contribution is -2.14. The molecule has 6 nitrogen and oxygen atoms in total. The number of nitrogens with zero attached hydrogens (tertiary/aromatic N) is 2. The van der Waals surface area contributed by atoms with Gasteiger partial charge in [0.05, 0.1) is 12.8 Å². The van der Waals surface area contributed by atoms with E-state index in [1.807, 2.05) is 6.20 Å². The van der Waals surface area contributed by atoms with Gasteiger partial charge in [-0.2, -0.15) is 0 Å². The summed E-state index contributed by atoms with van der Waals surface area (Å²) in [5.41, 5.74) is 2.10. The second-order valence-corrected chi connectivity index (χ2v) is 8.64. The van der Waals surface area contributed by atoms with Crippen LogP contribution in [-0.4, -0.2) is 30.8 Å². The predicted molar refractivity (Wildman–Crippen MR) is 102 cm³/mol. The molecule has 1 aliphatic heterocycles. The molecule has 0 saturated heterocycles. The highest BCUT2D eigenvalue weighted by molar-refractivity contribution is 7.99. The van der Waals surface area contributed by atoms with Crippen molar-refractivity contribution >= 4 is 27.5 Å². The van der Waals surface area contributed by atoms with Crippen molar-refractivity contribution in [3.63, 3.8) is 0 Å². The molecule has 0 fully saturated rings. The lowest BCUT2D eigenvalue weighted by molar-refractivity contribution is 0.401. The van der Waals surface area contributed by atoms with E-state index in [-0.39, 0.29) is 10.6 Å². The van der Waals surface area contributed by atoms with Crippen LogP contribution in [-0.2, 0) is 16.6 Å². The molecule has 1 aromatic heterocycles. The van der Waals surface area contributed by atoms with Gasteiger partial charge in [0.15, 0.2) is 5.16 Å². The zero-order valence-electron chi connectivity index (χ0n) is 14.3. The Morgan fingerprint density at radius 2 is 2.00 bits per heavy atom. The van der Waals surface area contributed by atoms with E-state index in [4.69, 9.17) is 4.74 Å². The number of anilines is 1. The minimum absolute atomic E-state index is 0.0746. The Kier molecular flexibility index (Phi) is 4.56. The van der Waals surface area contributed by atoms with Crippen LogP contribution in [0.3, 0.4) is 0 Å². The maximum absolute atomic E-state index is 13.5. The molecular weight excluding hydrogens is 389 g/mol. The van der Waals surface area contributed by atoms with Crippen molar-refractivity contribution in [3.05, 3.63) is 54.5 Å². The van der Waals surface area contributed by atoms with E-state index >= 15 is 0 Å². The van der Waals surface area contributed by atoms with Crippen molar-refractivity contribution in [2.75, 3.05) is 17.6 Å². The molecule has 2 aromatic carbocycles. The lowest BCUT2D eigenvalue weighted by Gasteiger charge is -2.12. The van der Waals surface area contributed by atoms with E-state index in [1.54, 1.807) is 36.0 Å². The molecule has 3 aromatic rings. The number of halogens is 1. The maximum Gasteiger partial charge on any atom is 0.265 e. The first kappa shape index (κ1) is 17.9. The molecule has 0 bridgehead atoms. The third kappa shape index (κ3) is 3.52. The number of thioether (sulfide) groups is 1. The molecule has 0 saturated carbocycles. The summed E-state index contributed by atoms with van der Waals surface area (Å²) in [5.74, 6) is 0.454. The number of ether oxygens (including phenoxy) is 1. The van der Waals surface area contributed by atoms with Gasteiger partial charge >= 0.3 is 0 Å². The van der Waals surface area contributed by atoms with Crippen LogP contribution in [0, 0.1) is 5.82 Å². The Morgan fingerprint density at radius 1 is 1.22 bits per heavy atom. The highest BCUT2D eigenvalue weighted by Gasteiger charge is 2.21. The van der Waals surface area contributed by atoms with Crippen molar-refractivity contribution in [2.45, 2.75) is 16.6 Å². The summed E-state index contributed by atoms with van der Waals surface area (Å²) in [7, 11) is -2.66. The number of imidazole rings is 1. The minimum atomic E-state index is -3.99. The van der Waals surface area contributed by atoms with Gasteiger partial charge in [-0.05, 0) is 30.3 Å². The highest BCUT2D eigenvalue weighted by atomic mass is 32.2. The van der Waals surface area contributed by atoms with E-state index in [9.17, 15) is 12.8 Å². The number of rotatable bonds is 5. The topological polar surface area (TPSA) is 73.2 Å². The normalized spacial score (nSPS) is 13.4.